The molecule has 0 radical (unpaired) electrons. The van der Waals surface area contributed by atoms with Gasteiger partial charge in [0.1, 0.15) is 0 Å². The molecule has 0 saturated carbocycles. The molecule has 1 aliphatic heterocycles. The lowest BCUT2D eigenvalue weighted by atomic mass is 10.4. The average Bonchev–Trinajstić information content (AvgIpc) is 2.32. The number of hydrazone groups is 1. The number of nitrogens with zero attached hydrogens (tertiary/aromatic N) is 1. The summed E-state index contributed by atoms with van der Waals surface area (Å²) in [5.41, 5.74) is 4.87. The van der Waals surface area contributed by atoms with Crippen LogP contribution in [0.3, 0.4) is 0 Å². The third kappa shape index (κ3) is 4.65. The lowest BCUT2D eigenvalue weighted by molar-refractivity contribution is 0.103. The van der Waals surface area contributed by atoms with Crippen LogP contribution in [-0.4, -0.2) is 38.7 Å². The second kappa shape index (κ2) is 5.72. The fourth-order valence-corrected chi connectivity index (χ4v) is 0.890. The highest BCUT2D eigenvalue weighted by Crippen LogP contribution is 1.91. The molecule has 4 heteroatoms. The Kier molecular flexibility index (Phi) is 4.49. The van der Waals surface area contributed by atoms with Gasteiger partial charge in [-0.05, 0) is 6.92 Å². The van der Waals surface area contributed by atoms with Crippen molar-refractivity contribution in [3.05, 3.63) is 12.2 Å². The average molecular weight is 184 g/mol. The molecule has 0 spiro atoms. The largest absolute Gasteiger partial charge is 0.373 e. The molecular formula is C9H16N2O2. The van der Waals surface area contributed by atoms with Crippen molar-refractivity contribution in [2.45, 2.75) is 6.92 Å². The predicted octanol–water partition coefficient (Wildman–Crippen LogP) is 0.555. The molecule has 0 aliphatic carbocycles. The Hall–Kier alpha value is -0.870. The standard InChI is InChI=1S/C9H16N2O2/c1-8(2)5-10-11-9-6-12-3-4-13-7-9/h10H,1,3-7H2,2H3. The van der Waals surface area contributed by atoms with E-state index in [1.54, 1.807) is 0 Å². The Labute approximate surface area is 78.6 Å². The molecule has 74 valence electrons. The Morgan fingerprint density at radius 2 is 2.08 bits per heavy atom. The van der Waals surface area contributed by atoms with E-state index < -0.39 is 0 Å². The fourth-order valence-electron chi connectivity index (χ4n) is 0.890. The monoisotopic (exact) mass is 184 g/mol. The molecule has 0 bridgehead atoms. The molecule has 1 fully saturated rings. The van der Waals surface area contributed by atoms with Crippen molar-refractivity contribution in [3.63, 3.8) is 0 Å². The highest BCUT2D eigenvalue weighted by atomic mass is 16.5. The third-order valence-corrected chi connectivity index (χ3v) is 1.53. The maximum absolute atomic E-state index is 5.25. The molecule has 1 aliphatic rings. The van der Waals surface area contributed by atoms with Crippen LogP contribution in [0.1, 0.15) is 6.92 Å². The van der Waals surface area contributed by atoms with Crippen molar-refractivity contribution in [1.29, 1.82) is 0 Å². The first-order valence-electron chi connectivity index (χ1n) is 4.37. The summed E-state index contributed by atoms with van der Waals surface area (Å²) in [4.78, 5) is 0. The normalized spacial score (nSPS) is 17.8. The van der Waals surface area contributed by atoms with Gasteiger partial charge in [-0.25, -0.2) is 0 Å². The van der Waals surface area contributed by atoms with Crippen molar-refractivity contribution in [1.82, 2.24) is 5.43 Å². The Balaban J connectivity index is 2.26. The van der Waals surface area contributed by atoms with Crippen LogP contribution in [0.2, 0.25) is 0 Å². The van der Waals surface area contributed by atoms with Crippen LogP contribution in [0.15, 0.2) is 17.3 Å². The Morgan fingerprint density at radius 1 is 1.46 bits per heavy atom. The molecule has 4 nitrogen and oxygen atoms in total. The van der Waals surface area contributed by atoms with E-state index in [4.69, 9.17) is 9.47 Å². The molecule has 0 atom stereocenters. The summed E-state index contributed by atoms with van der Waals surface area (Å²) in [5.74, 6) is 0. The molecule has 1 rings (SSSR count). The maximum atomic E-state index is 5.25. The van der Waals surface area contributed by atoms with Gasteiger partial charge in [-0.3, -0.25) is 0 Å². The summed E-state index contributed by atoms with van der Waals surface area (Å²) in [6.07, 6.45) is 0. The quantitative estimate of drug-likeness (QED) is 0.514. The SMILES string of the molecule is C=C(C)CNN=C1COCCOC1. The number of rotatable bonds is 3. The van der Waals surface area contributed by atoms with Crippen molar-refractivity contribution in [3.8, 4) is 0 Å². The molecule has 1 N–H and O–H groups in total. The van der Waals surface area contributed by atoms with Crippen LogP contribution in [0.5, 0.6) is 0 Å². The van der Waals surface area contributed by atoms with Crippen LogP contribution in [0.4, 0.5) is 0 Å². The number of nitrogens with one attached hydrogen (secondary N) is 1. The predicted molar refractivity (Wildman–Crippen MR) is 51.9 cm³/mol. The minimum Gasteiger partial charge on any atom is -0.373 e. The van der Waals surface area contributed by atoms with Crippen LogP contribution in [-0.2, 0) is 9.47 Å². The summed E-state index contributed by atoms with van der Waals surface area (Å²) < 4.78 is 10.5. The van der Waals surface area contributed by atoms with E-state index in [2.05, 4.69) is 17.1 Å². The van der Waals surface area contributed by atoms with E-state index in [-0.39, 0.29) is 0 Å². The van der Waals surface area contributed by atoms with E-state index in [0.717, 1.165) is 11.3 Å². The van der Waals surface area contributed by atoms with Gasteiger partial charge >= 0.3 is 0 Å². The van der Waals surface area contributed by atoms with Crippen molar-refractivity contribution in [2.24, 2.45) is 5.10 Å². The molecule has 13 heavy (non-hydrogen) atoms. The summed E-state index contributed by atoms with van der Waals surface area (Å²) in [6, 6.07) is 0. The van der Waals surface area contributed by atoms with E-state index in [1.807, 2.05) is 6.92 Å². The number of hydrogen-bond acceptors (Lipinski definition) is 4. The van der Waals surface area contributed by atoms with Crippen LogP contribution in [0.25, 0.3) is 0 Å². The van der Waals surface area contributed by atoms with Gasteiger partial charge in [0.25, 0.3) is 0 Å². The molecule has 0 unspecified atom stereocenters. The summed E-state index contributed by atoms with van der Waals surface area (Å²) in [6.45, 7) is 8.83. The molecule has 1 saturated heterocycles. The summed E-state index contributed by atoms with van der Waals surface area (Å²) in [7, 11) is 0. The number of hydrogen-bond donors (Lipinski definition) is 1. The van der Waals surface area contributed by atoms with E-state index in [9.17, 15) is 0 Å². The minimum atomic E-state index is 0.559. The van der Waals surface area contributed by atoms with Crippen LogP contribution >= 0.6 is 0 Å². The maximum Gasteiger partial charge on any atom is 0.0891 e. The van der Waals surface area contributed by atoms with E-state index >= 15 is 0 Å². The van der Waals surface area contributed by atoms with Gasteiger partial charge in [-0.15, -0.1) is 0 Å². The topological polar surface area (TPSA) is 42.9 Å². The van der Waals surface area contributed by atoms with E-state index in [0.29, 0.717) is 33.0 Å². The van der Waals surface area contributed by atoms with Gasteiger partial charge in [-0.1, -0.05) is 12.2 Å². The number of ether oxygens (including phenoxy) is 2. The molecule has 0 amide bonds. The van der Waals surface area contributed by atoms with Crippen molar-refractivity contribution < 1.29 is 9.47 Å². The van der Waals surface area contributed by atoms with Gasteiger partial charge in [0.05, 0.1) is 38.7 Å². The molecule has 0 aromatic rings. The van der Waals surface area contributed by atoms with E-state index in [1.165, 1.54) is 0 Å². The van der Waals surface area contributed by atoms with Gasteiger partial charge in [0.2, 0.25) is 0 Å². The second-order valence-electron chi connectivity index (χ2n) is 3.08. The smallest absolute Gasteiger partial charge is 0.0891 e. The van der Waals surface area contributed by atoms with Gasteiger partial charge in [0.15, 0.2) is 0 Å². The van der Waals surface area contributed by atoms with Crippen molar-refractivity contribution >= 4 is 5.71 Å². The molecule has 0 aromatic heterocycles. The van der Waals surface area contributed by atoms with Gasteiger partial charge in [0, 0.05) is 0 Å². The zero-order chi connectivity index (χ0) is 9.52. The zero-order valence-corrected chi connectivity index (χ0v) is 8.01. The second-order valence-corrected chi connectivity index (χ2v) is 3.08. The lowest BCUT2D eigenvalue weighted by Gasteiger charge is -2.03. The first-order valence-corrected chi connectivity index (χ1v) is 4.37. The lowest BCUT2D eigenvalue weighted by Crippen LogP contribution is -2.18. The van der Waals surface area contributed by atoms with Crippen molar-refractivity contribution in [2.75, 3.05) is 33.0 Å². The highest BCUT2D eigenvalue weighted by molar-refractivity contribution is 5.86. The summed E-state index contributed by atoms with van der Waals surface area (Å²) in [5, 5.41) is 4.14. The van der Waals surface area contributed by atoms with Gasteiger partial charge in [-0.2, -0.15) is 5.10 Å². The first kappa shape index (κ1) is 10.2. The summed E-state index contributed by atoms with van der Waals surface area (Å²) >= 11 is 0. The van der Waals surface area contributed by atoms with Crippen LogP contribution in [0, 0.1) is 0 Å². The third-order valence-electron chi connectivity index (χ3n) is 1.53. The van der Waals surface area contributed by atoms with Gasteiger partial charge < -0.3 is 14.9 Å². The minimum absolute atomic E-state index is 0.559. The van der Waals surface area contributed by atoms with Crippen LogP contribution < -0.4 is 5.43 Å². The molecule has 0 aromatic carbocycles. The molecule has 1 heterocycles. The fraction of sp³-hybridized carbons (Fsp3) is 0.667. The Morgan fingerprint density at radius 3 is 2.62 bits per heavy atom. The molecular weight excluding hydrogens is 168 g/mol. The highest BCUT2D eigenvalue weighted by Gasteiger charge is 2.05. The Bertz CT molecular complexity index is 192. The first-order chi connectivity index (χ1) is 6.29. The zero-order valence-electron chi connectivity index (χ0n) is 8.01.